The van der Waals surface area contributed by atoms with Crippen LogP contribution in [-0.4, -0.2) is 18.4 Å². The predicted molar refractivity (Wildman–Crippen MR) is 101 cm³/mol. The van der Waals surface area contributed by atoms with Crippen molar-refractivity contribution < 1.29 is 14.3 Å². The zero-order valence-electron chi connectivity index (χ0n) is 15.0. The smallest absolute Gasteiger partial charge is 0.255 e. The van der Waals surface area contributed by atoms with E-state index >= 15 is 0 Å². The molecule has 0 atom stereocenters. The molecule has 0 aliphatic heterocycles. The third-order valence-electron chi connectivity index (χ3n) is 4.23. The Morgan fingerprint density at radius 3 is 2.50 bits per heavy atom. The molecule has 2 aromatic rings. The fourth-order valence-electron chi connectivity index (χ4n) is 2.56. The van der Waals surface area contributed by atoms with Crippen LogP contribution in [0, 0.1) is 5.92 Å². The average Bonchev–Trinajstić information content (AvgIpc) is 3.51. The number of carbonyl (C=O) groups is 2. The molecule has 0 aromatic heterocycles. The van der Waals surface area contributed by atoms with E-state index in [0.717, 1.165) is 24.8 Å². The standard InChI is InChI=1S/C21H24N2O3/c1-2-13-26-19-6-4-3-5-18(19)23-21(25)17-9-7-15(8-10-17)14-22-20(24)16-11-12-16/h3-10,16H,2,11-14H2,1H3,(H,22,24)(H,23,25). The number of benzene rings is 2. The van der Waals surface area contributed by atoms with Gasteiger partial charge in [0, 0.05) is 18.0 Å². The van der Waals surface area contributed by atoms with Crippen molar-refractivity contribution in [2.24, 2.45) is 5.92 Å². The summed E-state index contributed by atoms with van der Waals surface area (Å²) in [4.78, 5) is 24.2. The monoisotopic (exact) mass is 352 g/mol. The maximum Gasteiger partial charge on any atom is 0.255 e. The molecule has 5 heteroatoms. The van der Waals surface area contributed by atoms with E-state index in [1.54, 1.807) is 12.1 Å². The SMILES string of the molecule is CCCOc1ccccc1NC(=O)c1ccc(CNC(=O)C2CC2)cc1. The van der Waals surface area contributed by atoms with Gasteiger partial charge in [0.2, 0.25) is 5.91 Å². The molecular formula is C21H24N2O3. The van der Waals surface area contributed by atoms with Crippen LogP contribution in [-0.2, 0) is 11.3 Å². The van der Waals surface area contributed by atoms with Gasteiger partial charge in [0.05, 0.1) is 12.3 Å². The summed E-state index contributed by atoms with van der Waals surface area (Å²) < 4.78 is 5.67. The Hall–Kier alpha value is -2.82. The molecule has 1 saturated carbocycles. The third-order valence-corrected chi connectivity index (χ3v) is 4.23. The molecule has 0 heterocycles. The van der Waals surface area contributed by atoms with E-state index < -0.39 is 0 Å². The molecule has 1 fully saturated rings. The van der Waals surface area contributed by atoms with Crippen LogP contribution < -0.4 is 15.4 Å². The number of hydrogen-bond acceptors (Lipinski definition) is 3. The van der Waals surface area contributed by atoms with Gasteiger partial charge in [0.15, 0.2) is 0 Å². The number of anilines is 1. The fourth-order valence-corrected chi connectivity index (χ4v) is 2.56. The highest BCUT2D eigenvalue weighted by molar-refractivity contribution is 6.05. The highest BCUT2D eigenvalue weighted by Gasteiger charge is 2.29. The largest absolute Gasteiger partial charge is 0.491 e. The Kier molecular flexibility index (Phi) is 5.89. The van der Waals surface area contributed by atoms with Crippen molar-refractivity contribution in [2.75, 3.05) is 11.9 Å². The summed E-state index contributed by atoms with van der Waals surface area (Å²) in [6, 6.07) is 14.7. The van der Waals surface area contributed by atoms with E-state index in [2.05, 4.69) is 10.6 Å². The highest BCUT2D eigenvalue weighted by Crippen LogP contribution is 2.28. The average molecular weight is 352 g/mol. The van der Waals surface area contributed by atoms with Crippen molar-refractivity contribution in [2.45, 2.75) is 32.7 Å². The minimum Gasteiger partial charge on any atom is -0.491 e. The Labute approximate surface area is 153 Å². The lowest BCUT2D eigenvalue weighted by atomic mass is 10.1. The summed E-state index contributed by atoms with van der Waals surface area (Å²) in [6.45, 7) is 3.13. The van der Waals surface area contributed by atoms with Crippen molar-refractivity contribution in [3.05, 3.63) is 59.7 Å². The predicted octanol–water partition coefficient (Wildman–Crippen LogP) is 3.75. The van der Waals surface area contributed by atoms with E-state index in [0.29, 0.717) is 30.2 Å². The number of para-hydroxylation sites is 2. The Balaban J connectivity index is 1.58. The molecule has 0 bridgehead atoms. The molecule has 1 aliphatic carbocycles. The summed E-state index contributed by atoms with van der Waals surface area (Å²) in [5, 5.41) is 5.82. The van der Waals surface area contributed by atoms with Crippen LogP contribution in [0.25, 0.3) is 0 Å². The first-order valence-electron chi connectivity index (χ1n) is 9.07. The summed E-state index contributed by atoms with van der Waals surface area (Å²) in [7, 11) is 0. The van der Waals surface area contributed by atoms with Crippen molar-refractivity contribution >= 4 is 17.5 Å². The first-order valence-corrected chi connectivity index (χ1v) is 9.07. The lowest BCUT2D eigenvalue weighted by Crippen LogP contribution is -2.24. The van der Waals surface area contributed by atoms with Gasteiger partial charge in [0.1, 0.15) is 5.75 Å². The van der Waals surface area contributed by atoms with Crippen molar-refractivity contribution in [1.29, 1.82) is 0 Å². The van der Waals surface area contributed by atoms with Crippen LogP contribution in [0.1, 0.15) is 42.1 Å². The number of amides is 2. The zero-order valence-corrected chi connectivity index (χ0v) is 15.0. The van der Waals surface area contributed by atoms with Gasteiger partial charge in [-0.25, -0.2) is 0 Å². The zero-order chi connectivity index (χ0) is 18.4. The lowest BCUT2D eigenvalue weighted by molar-refractivity contribution is -0.122. The van der Waals surface area contributed by atoms with Gasteiger partial charge in [-0.05, 0) is 49.1 Å². The molecule has 5 nitrogen and oxygen atoms in total. The molecule has 0 saturated heterocycles. The van der Waals surface area contributed by atoms with Gasteiger partial charge in [-0.1, -0.05) is 31.2 Å². The van der Waals surface area contributed by atoms with Crippen molar-refractivity contribution in [3.8, 4) is 5.75 Å². The van der Waals surface area contributed by atoms with E-state index in [-0.39, 0.29) is 17.7 Å². The van der Waals surface area contributed by atoms with Crippen LogP contribution in [0.5, 0.6) is 5.75 Å². The number of rotatable bonds is 8. The van der Waals surface area contributed by atoms with Crippen LogP contribution >= 0.6 is 0 Å². The summed E-state index contributed by atoms with van der Waals surface area (Å²) >= 11 is 0. The van der Waals surface area contributed by atoms with Gasteiger partial charge >= 0.3 is 0 Å². The van der Waals surface area contributed by atoms with E-state index in [1.807, 2.05) is 43.3 Å². The summed E-state index contributed by atoms with van der Waals surface area (Å²) in [5.74, 6) is 0.804. The second-order valence-corrected chi connectivity index (χ2v) is 6.49. The van der Waals surface area contributed by atoms with Crippen molar-refractivity contribution in [1.82, 2.24) is 5.32 Å². The Bertz CT molecular complexity index is 767. The molecule has 2 N–H and O–H groups in total. The molecule has 0 radical (unpaired) electrons. The van der Waals surface area contributed by atoms with Gasteiger partial charge in [-0.3, -0.25) is 9.59 Å². The second kappa shape index (κ2) is 8.52. The van der Waals surface area contributed by atoms with Gasteiger partial charge < -0.3 is 15.4 Å². The van der Waals surface area contributed by atoms with Crippen LogP contribution in [0.2, 0.25) is 0 Å². The topological polar surface area (TPSA) is 67.4 Å². The molecule has 0 unspecified atom stereocenters. The number of ether oxygens (including phenoxy) is 1. The molecule has 0 spiro atoms. The lowest BCUT2D eigenvalue weighted by Gasteiger charge is -2.12. The van der Waals surface area contributed by atoms with Crippen LogP contribution in [0.3, 0.4) is 0 Å². The molecule has 2 aromatic carbocycles. The maximum atomic E-state index is 12.5. The van der Waals surface area contributed by atoms with E-state index in [1.165, 1.54) is 0 Å². The van der Waals surface area contributed by atoms with Crippen LogP contribution in [0.15, 0.2) is 48.5 Å². The van der Waals surface area contributed by atoms with E-state index in [9.17, 15) is 9.59 Å². The number of nitrogens with one attached hydrogen (secondary N) is 2. The van der Waals surface area contributed by atoms with Gasteiger partial charge in [-0.15, -0.1) is 0 Å². The molecule has 3 rings (SSSR count). The second-order valence-electron chi connectivity index (χ2n) is 6.49. The van der Waals surface area contributed by atoms with Crippen LogP contribution in [0.4, 0.5) is 5.69 Å². The van der Waals surface area contributed by atoms with Crippen molar-refractivity contribution in [3.63, 3.8) is 0 Å². The summed E-state index contributed by atoms with van der Waals surface area (Å²) in [5.41, 5.74) is 2.20. The quantitative estimate of drug-likeness (QED) is 0.760. The van der Waals surface area contributed by atoms with Gasteiger partial charge in [-0.2, -0.15) is 0 Å². The molecule has 1 aliphatic rings. The molecule has 2 amide bonds. The fraction of sp³-hybridized carbons (Fsp3) is 0.333. The molecule has 136 valence electrons. The highest BCUT2D eigenvalue weighted by atomic mass is 16.5. The third kappa shape index (κ3) is 4.85. The summed E-state index contributed by atoms with van der Waals surface area (Å²) in [6.07, 6.45) is 2.89. The molecule has 26 heavy (non-hydrogen) atoms. The first kappa shape index (κ1) is 18.0. The first-order chi connectivity index (χ1) is 12.7. The maximum absolute atomic E-state index is 12.5. The Morgan fingerprint density at radius 2 is 1.81 bits per heavy atom. The van der Waals surface area contributed by atoms with Gasteiger partial charge in [0.25, 0.3) is 5.91 Å². The molecular weight excluding hydrogens is 328 g/mol. The minimum atomic E-state index is -0.189. The minimum absolute atomic E-state index is 0.121. The normalized spacial score (nSPS) is 13.1. The number of hydrogen-bond donors (Lipinski definition) is 2. The number of carbonyl (C=O) groups excluding carboxylic acids is 2. The van der Waals surface area contributed by atoms with E-state index in [4.69, 9.17) is 4.74 Å². The Morgan fingerprint density at radius 1 is 1.08 bits per heavy atom.